The summed E-state index contributed by atoms with van der Waals surface area (Å²) in [5.74, 6) is 0.811. The molecular weight excluding hydrogens is 334 g/mol. The van der Waals surface area contributed by atoms with E-state index in [0.717, 1.165) is 47.8 Å². The zero-order valence-electron chi connectivity index (χ0n) is 14.6. The Morgan fingerprint density at radius 3 is 3.04 bits per heavy atom. The van der Waals surface area contributed by atoms with E-state index in [1.54, 1.807) is 16.3 Å². The number of hydrogen-bond acceptors (Lipinski definition) is 4. The molecule has 0 aromatic carbocycles. The van der Waals surface area contributed by atoms with Crippen LogP contribution in [-0.4, -0.2) is 27.8 Å². The molecule has 1 aromatic rings. The second kappa shape index (κ2) is 7.36. The Hall–Kier alpha value is -1.56. The Labute approximate surface area is 152 Å². The Kier molecular flexibility index (Phi) is 4.97. The summed E-state index contributed by atoms with van der Waals surface area (Å²) in [4.78, 5) is 29.7. The second-order valence-electron chi connectivity index (χ2n) is 7.23. The standard InChI is InChI=1S/C19H25N3O2S/c23-17(20-10-9-13-5-2-1-3-6-13)11-14-12-25-19-21-16-8-4-7-15(16)18(24)22(14)19/h5,14H,1-4,6-12H2,(H,20,23)/t14-/m1/s1. The molecule has 2 aliphatic carbocycles. The molecule has 1 aromatic heterocycles. The van der Waals surface area contributed by atoms with Crippen molar-refractivity contribution in [3.63, 3.8) is 0 Å². The molecular formula is C19H25N3O2S. The van der Waals surface area contributed by atoms with Crippen molar-refractivity contribution in [2.75, 3.05) is 12.3 Å². The maximum atomic E-state index is 12.7. The molecule has 1 atom stereocenters. The molecule has 0 spiro atoms. The van der Waals surface area contributed by atoms with Gasteiger partial charge in [-0.25, -0.2) is 4.98 Å². The fourth-order valence-corrected chi connectivity index (χ4v) is 5.24. The number of nitrogens with one attached hydrogen (secondary N) is 1. The number of hydrogen-bond donors (Lipinski definition) is 1. The third-order valence-corrected chi connectivity index (χ3v) is 6.54. The van der Waals surface area contributed by atoms with E-state index in [2.05, 4.69) is 16.4 Å². The molecule has 0 saturated heterocycles. The molecule has 3 aliphatic rings. The molecule has 6 heteroatoms. The third kappa shape index (κ3) is 3.54. The second-order valence-corrected chi connectivity index (χ2v) is 8.21. The van der Waals surface area contributed by atoms with E-state index < -0.39 is 0 Å². The van der Waals surface area contributed by atoms with Crippen molar-refractivity contribution >= 4 is 17.7 Å². The highest BCUT2D eigenvalue weighted by atomic mass is 32.2. The lowest BCUT2D eigenvalue weighted by Crippen LogP contribution is -2.32. The van der Waals surface area contributed by atoms with Gasteiger partial charge in [-0.05, 0) is 51.4 Å². The van der Waals surface area contributed by atoms with Crippen molar-refractivity contribution < 1.29 is 4.79 Å². The summed E-state index contributed by atoms with van der Waals surface area (Å²) in [5.41, 5.74) is 3.42. The lowest BCUT2D eigenvalue weighted by Gasteiger charge is -2.15. The van der Waals surface area contributed by atoms with E-state index in [1.807, 2.05) is 0 Å². The third-order valence-electron chi connectivity index (χ3n) is 5.45. The summed E-state index contributed by atoms with van der Waals surface area (Å²) in [5, 5.41) is 3.84. The Morgan fingerprint density at radius 1 is 1.28 bits per heavy atom. The first-order valence-electron chi connectivity index (χ1n) is 9.44. The highest BCUT2D eigenvalue weighted by Gasteiger charge is 2.30. The van der Waals surface area contributed by atoms with Crippen LogP contribution in [0.15, 0.2) is 21.6 Å². The number of carbonyl (C=O) groups excluding carboxylic acids is 1. The maximum Gasteiger partial charge on any atom is 0.257 e. The number of nitrogens with zero attached hydrogens (tertiary/aromatic N) is 2. The molecule has 0 saturated carbocycles. The van der Waals surface area contributed by atoms with E-state index in [9.17, 15) is 9.59 Å². The summed E-state index contributed by atoms with van der Waals surface area (Å²) >= 11 is 1.61. The minimum absolute atomic E-state index is 0.0438. The van der Waals surface area contributed by atoms with Gasteiger partial charge in [0.2, 0.25) is 5.91 Å². The van der Waals surface area contributed by atoms with Gasteiger partial charge in [0, 0.05) is 24.3 Å². The van der Waals surface area contributed by atoms with E-state index >= 15 is 0 Å². The van der Waals surface area contributed by atoms with E-state index in [0.29, 0.717) is 13.0 Å². The minimum atomic E-state index is -0.0557. The van der Waals surface area contributed by atoms with Crippen LogP contribution < -0.4 is 10.9 Å². The molecule has 5 nitrogen and oxygen atoms in total. The maximum absolute atomic E-state index is 12.7. The van der Waals surface area contributed by atoms with Gasteiger partial charge in [0.05, 0.1) is 11.7 Å². The van der Waals surface area contributed by atoms with Crippen LogP contribution in [0.25, 0.3) is 0 Å². The van der Waals surface area contributed by atoms with Crippen molar-refractivity contribution in [1.29, 1.82) is 0 Å². The number of thioether (sulfide) groups is 1. The van der Waals surface area contributed by atoms with E-state index in [4.69, 9.17) is 0 Å². The molecule has 0 radical (unpaired) electrons. The van der Waals surface area contributed by atoms with Gasteiger partial charge in [-0.1, -0.05) is 23.4 Å². The van der Waals surface area contributed by atoms with Gasteiger partial charge in [-0.2, -0.15) is 0 Å². The number of carbonyl (C=O) groups is 1. The Balaban J connectivity index is 1.36. The monoisotopic (exact) mass is 359 g/mol. The van der Waals surface area contributed by atoms with Crippen molar-refractivity contribution in [2.45, 2.75) is 69.0 Å². The summed E-state index contributed by atoms with van der Waals surface area (Å²) in [6.07, 6.45) is 11.3. The average molecular weight is 359 g/mol. The van der Waals surface area contributed by atoms with Crippen molar-refractivity contribution in [2.24, 2.45) is 0 Å². The van der Waals surface area contributed by atoms with Gasteiger partial charge < -0.3 is 5.32 Å². The normalized spacial score (nSPS) is 21.6. The quantitative estimate of drug-likeness (QED) is 0.649. The van der Waals surface area contributed by atoms with E-state index in [-0.39, 0.29) is 17.5 Å². The molecule has 25 heavy (non-hydrogen) atoms. The number of allylic oxidation sites excluding steroid dienone is 1. The van der Waals surface area contributed by atoms with Crippen LogP contribution in [0.2, 0.25) is 0 Å². The smallest absolute Gasteiger partial charge is 0.257 e. The highest BCUT2D eigenvalue weighted by molar-refractivity contribution is 7.99. The van der Waals surface area contributed by atoms with Crippen LogP contribution >= 0.6 is 11.8 Å². The summed E-state index contributed by atoms with van der Waals surface area (Å²) in [7, 11) is 0. The van der Waals surface area contributed by atoms with Crippen LogP contribution in [-0.2, 0) is 17.6 Å². The fourth-order valence-electron chi connectivity index (χ4n) is 4.08. The van der Waals surface area contributed by atoms with Gasteiger partial charge >= 0.3 is 0 Å². The Morgan fingerprint density at radius 2 is 2.20 bits per heavy atom. The van der Waals surface area contributed by atoms with Crippen LogP contribution in [0, 0.1) is 0 Å². The average Bonchev–Trinajstić information content (AvgIpc) is 3.24. The van der Waals surface area contributed by atoms with Gasteiger partial charge in [-0.15, -0.1) is 0 Å². The number of aryl methyl sites for hydroxylation is 1. The predicted molar refractivity (Wildman–Crippen MR) is 99.1 cm³/mol. The van der Waals surface area contributed by atoms with Crippen LogP contribution in [0.5, 0.6) is 0 Å². The molecule has 134 valence electrons. The van der Waals surface area contributed by atoms with Crippen LogP contribution in [0.4, 0.5) is 0 Å². The van der Waals surface area contributed by atoms with Gasteiger partial charge in [0.15, 0.2) is 5.16 Å². The van der Waals surface area contributed by atoms with Gasteiger partial charge in [-0.3, -0.25) is 14.2 Å². The first kappa shape index (κ1) is 16.9. The molecule has 1 N–H and O–H groups in total. The number of rotatable bonds is 5. The largest absolute Gasteiger partial charge is 0.356 e. The zero-order chi connectivity index (χ0) is 17.2. The lowest BCUT2D eigenvalue weighted by atomic mass is 9.97. The zero-order valence-corrected chi connectivity index (χ0v) is 15.4. The fraction of sp³-hybridized carbons (Fsp3) is 0.632. The predicted octanol–water partition coefficient (Wildman–Crippen LogP) is 2.78. The topological polar surface area (TPSA) is 64.0 Å². The first-order chi connectivity index (χ1) is 12.2. The summed E-state index contributed by atoms with van der Waals surface area (Å²) < 4.78 is 1.78. The summed E-state index contributed by atoms with van der Waals surface area (Å²) in [6.45, 7) is 0.703. The van der Waals surface area contributed by atoms with Crippen molar-refractivity contribution in [1.82, 2.24) is 14.9 Å². The lowest BCUT2D eigenvalue weighted by molar-refractivity contribution is -0.121. The molecule has 1 aliphatic heterocycles. The van der Waals surface area contributed by atoms with Crippen molar-refractivity contribution in [3.05, 3.63) is 33.3 Å². The highest BCUT2D eigenvalue weighted by Crippen LogP contribution is 2.33. The molecule has 1 amide bonds. The molecule has 0 fully saturated rings. The number of aromatic nitrogens is 2. The summed E-state index contributed by atoms with van der Waals surface area (Å²) in [6, 6.07) is -0.0557. The Bertz CT molecular complexity index is 769. The van der Waals surface area contributed by atoms with Crippen LogP contribution in [0.3, 0.4) is 0 Å². The molecule has 4 rings (SSSR count). The van der Waals surface area contributed by atoms with Gasteiger partial charge in [0.25, 0.3) is 5.56 Å². The molecule has 0 bridgehead atoms. The minimum Gasteiger partial charge on any atom is -0.356 e. The number of amides is 1. The molecule has 0 unspecified atom stereocenters. The SMILES string of the molecule is O=C(C[C@@H]1CSc2nc3c(c(=O)n21)CCC3)NCCC1=CCCCC1. The van der Waals surface area contributed by atoms with Crippen molar-refractivity contribution in [3.8, 4) is 0 Å². The first-order valence-corrected chi connectivity index (χ1v) is 10.4. The van der Waals surface area contributed by atoms with Crippen LogP contribution in [0.1, 0.15) is 62.2 Å². The number of fused-ring (bicyclic) bond motifs is 2. The van der Waals surface area contributed by atoms with E-state index in [1.165, 1.54) is 31.3 Å². The van der Waals surface area contributed by atoms with Gasteiger partial charge in [0.1, 0.15) is 0 Å². The molecule has 2 heterocycles.